The molecule has 0 saturated heterocycles. The molecule has 0 saturated carbocycles. The first-order valence-electron chi connectivity index (χ1n) is 13.5. The van der Waals surface area contributed by atoms with Gasteiger partial charge in [-0.25, -0.2) is 0 Å². The second-order valence-corrected chi connectivity index (χ2v) is 14.3. The Morgan fingerprint density at radius 2 is 1.37 bits per heavy atom. The summed E-state index contributed by atoms with van der Waals surface area (Å²) in [5, 5.41) is 6.70. The Morgan fingerprint density at radius 1 is 0.634 bits per heavy atom. The molecule has 0 spiro atoms. The Balaban J connectivity index is 1.20. The van der Waals surface area contributed by atoms with Gasteiger partial charge in [0, 0.05) is 35.5 Å². The lowest BCUT2D eigenvalue weighted by Crippen LogP contribution is -2.33. The summed E-state index contributed by atoms with van der Waals surface area (Å²) in [4.78, 5) is 7.67. The minimum atomic E-state index is -0.677. The molecule has 1 unspecified atom stereocenters. The molecule has 5 heterocycles. The Labute approximate surface area is 255 Å². The fourth-order valence-electron chi connectivity index (χ4n) is 5.52. The zero-order valence-electron chi connectivity index (χ0n) is 22.2. The van der Waals surface area contributed by atoms with Crippen molar-refractivity contribution < 1.29 is 4.74 Å². The van der Waals surface area contributed by atoms with Gasteiger partial charge in [0.2, 0.25) is 0 Å². The van der Waals surface area contributed by atoms with Crippen molar-refractivity contribution in [3.05, 3.63) is 142 Å². The van der Waals surface area contributed by atoms with Crippen molar-refractivity contribution in [3.63, 3.8) is 0 Å². The zero-order valence-corrected chi connectivity index (χ0v) is 25.4. The first-order chi connectivity index (χ1) is 20.2. The van der Waals surface area contributed by atoms with Crippen LogP contribution in [0.4, 0.5) is 0 Å². The molecule has 1 atom stereocenters. The molecule has 198 valence electrons. The maximum atomic E-state index is 7.06. The summed E-state index contributed by atoms with van der Waals surface area (Å²) in [6.07, 6.45) is 4.52. The van der Waals surface area contributed by atoms with E-state index in [4.69, 9.17) is 4.74 Å². The quantitative estimate of drug-likeness (QED) is 0.191. The van der Waals surface area contributed by atoms with Crippen LogP contribution in [-0.2, 0) is 5.60 Å². The molecule has 1 aliphatic heterocycles. The number of fused-ring (bicyclic) bond motifs is 3. The predicted octanol–water partition coefficient (Wildman–Crippen LogP) is 11.7. The summed E-state index contributed by atoms with van der Waals surface area (Å²) >= 11 is 7.23. The molecule has 8 rings (SSSR count). The minimum absolute atomic E-state index is 0.677. The predicted molar refractivity (Wildman–Crippen MR) is 180 cm³/mol. The van der Waals surface area contributed by atoms with E-state index in [1.54, 1.807) is 22.7 Å². The molecule has 0 N–H and O–H groups in total. The molecule has 3 aromatic carbocycles. The Kier molecular flexibility index (Phi) is 6.08. The fourth-order valence-corrected chi connectivity index (χ4v) is 9.33. The van der Waals surface area contributed by atoms with Crippen molar-refractivity contribution in [1.29, 1.82) is 0 Å². The van der Waals surface area contributed by atoms with Gasteiger partial charge in [0.1, 0.15) is 5.75 Å². The lowest BCUT2D eigenvalue weighted by Gasteiger charge is -2.35. The summed E-state index contributed by atoms with van der Waals surface area (Å²) in [6.45, 7) is 2.13. The minimum Gasteiger partial charge on any atom is -0.472 e. The van der Waals surface area contributed by atoms with Crippen LogP contribution in [-0.4, -0.2) is 0 Å². The molecule has 0 fully saturated rings. The van der Waals surface area contributed by atoms with Gasteiger partial charge in [-0.05, 0) is 94.7 Å². The van der Waals surface area contributed by atoms with Crippen LogP contribution in [0.2, 0.25) is 0 Å². The monoisotopic (exact) mass is 600 g/mol. The lowest BCUT2D eigenvalue weighted by atomic mass is 9.87. The van der Waals surface area contributed by atoms with E-state index in [9.17, 15) is 0 Å². The van der Waals surface area contributed by atoms with Crippen molar-refractivity contribution in [3.8, 4) is 35.7 Å². The summed E-state index contributed by atoms with van der Waals surface area (Å²) in [6, 6.07) is 37.4. The Hall–Kier alpha value is -3.74. The molecule has 41 heavy (non-hydrogen) atoms. The van der Waals surface area contributed by atoms with Gasteiger partial charge in [0.25, 0.3) is 0 Å². The van der Waals surface area contributed by atoms with Crippen LogP contribution in [0.1, 0.15) is 21.6 Å². The molecule has 4 aromatic heterocycles. The second kappa shape index (κ2) is 9.97. The molecular weight excluding hydrogens is 577 g/mol. The third-order valence-electron chi connectivity index (χ3n) is 7.65. The smallest absolute Gasteiger partial charge is 0.187 e. The maximum absolute atomic E-state index is 7.06. The van der Waals surface area contributed by atoms with E-state index in [1.165, 1.54) is 51.2 Å². The highest BCUT2D eigenvalue weighted by molar-refractivity contribution is 7.23. The van der Waals surface area contributed by atoms with Crippen molar-refractivity contribution >= 4 is 62.2 Å². The van der Waals surface area contributed by atoms with Crippen LogP contribution in [0.15, 0.2) is 120 Å². The van der Waals surface area contributed by atoms with Gasteiger partial charge >= 0.3 is 0 Å². The topological polar surface area (TPSA) is 9.23 Å². The SMILES string of the molecule is Cc1ccc(C2(c3ccc(-c4cccs4)s3)C=Cc3c(ccc4cc(-c5ccc(-c6cccs6)s5)ccc34)O2)cc1. The second-order valence-electron chi connectivity index (χ2n) is 10.2. The van der Waals surface area contributed by atoms with Crippen LogP contribution in [0.25, 0.3) is 46.8 Å². The van der Waals surface area contributed by atoms with E-state index < -0.39 is 5.60 Å². The molecule has 0 aliphatic carbocycles. The zero-order chi connectivity index (χ0) is 27.4. The highest BCUT2D eigenvalue weighted by Gasteiger charge is 2.39. The van der Waals surface area contributed by atoms with Crippen molar-refractivity contribution in [1.82, 2.24) is 0 Å². The molecule has 5 heteroatoms. The standard InChI is InChI=1S/C36H24OS4/c1-23-6-10-26(11-7-23)36(35-17-16-34(41-35)32-5-3-21-39-32)19-18-28-27-12-8-25(22-24(27)9-13-29(28)37-36)30-14-15-33(40-30)31-4-2-20-38-31/h2-22H,1H3. The highest BCUT2D eigenvalue weighted by Crippen LogP contribution is 2.48. The largest absolute Gasteiger partial charge is 0.472 e. The number of rotatable bonds is 5. The summed E-state index contributed by atoms with van der Waals surface area (Å²) in [5.74, 6) is 0.913. The van der Waals surface area contributed by atoms with Crippen LogP contribution in [0.5, 0.6) is 5.75 Å². The van der Waals surface area contributed by atoms with Crippen molar-refractivity contribution in [2.24, 2.45) is 0 Å². The van der Waals surface area contributed by atoms with Gasteiger partial charge in [0.15, 0.2) is 5.60 Å². The van der Waals surface area contributed by atoms with E-state index in [0.717, 1.165) is 16.9 Å². The van der Waals surface area contributed by atoms with Crippen LogP contribution >= 0.6 is 45.3 Å². The van der Waals surface area contributed by atoms with Crippen molar-refractivity contribution in [2.45, 2.75) is 12.5 Å². The van der Waals surface area contributed by atoms with Gasteiger partial charge < -0.3 is 4.74 Å². The number of hydrogen-bond donors (Lipinski definition) is 0. The summed E-state index contributed by atoms with van der Waals surface area (Å²) in [7, 11) is 0. The van der Waals surface area contributed by atoms with Crippen LogP contribution < -0.4 is 4.74 Å². The summed E-state index contributed by atoms with van der Waals surface area (Å²) < 4.78 is 7.06. The molecule has 1 nitrogen and oxygen atoms in total. The number of benzene rings is 3. The third-order valence-corrected chi connectivity index (χ3v) is 12.1. The highest BCUT2D eigenvalue weighted by atomic mass is 32.1. The van der Waals surface area contributed by atoms with Gasteiger partial charge in [-0.15, -0.1) is 45.3 Å². The van der Waals surface area contributed by atoms with Crippen LogP contribution in [0, 0.1) is 6.92 Å². The molecule has 7 aromatic rings. The molecule has 0 bridgehead atoms. The average molecular weight is 601 g/mol. The number of hydrogen-bond acceptors (Lipinski definition) is 5. The number of thiophene rings is 4. The molecular formula is C36H24OS4. The fraction of sp³-hybridized carbons (Fsp3) is 0.0556. The third kappa shape index (κ3) is 4.32. The first-order valence-corrected chi connectivity index (χ1v) is 16.9. The molecule has 0 radical (unpaired) electrons. The number of aryl methyl sites for hydroxylation is 1. The maximum Gasteiger partial charge on any atom is 0.187 e. The normalized spacial score (nSPS) is 16.1. The van der Waals surface area contributed by atoms with E-state index in [-0.39, 0.29) is 0 Å². The van der Waals surface area contributed by atoms with Crippen molar-refractivity contribution in [2.75, 3.05) is 0 Å². The van der Waals surface area contributed by atoms with Gasteiger partial charge in [-0.3, -0.25) is 0 Å². The van der Waals surface area contributed by atoms with Gasteiger partial charge in [-0.2, -0.15) is 0 Å². The van der Waals surface area contributed by atoms with E-state index in [2.05, 4.69) is 133 Å². The van der Waals surface area contributed by atoms with E-state index in [1.807, 2.05) is 22.7 Å². The van der Waals surface area contributed by atoms with Gasteiger partial charge in [0.05, 0.1) is 4.88 Å². The van der Waals surface area contributed by atoms with Gasteiger partial charge in [-0.1, -0.05) is 60.2 Å². The Bertz CT molecular complexity index is 2020. The van der Waals surface area contributed by atoms with E-state index in [0.29, 0.717) is 0 Å². The van der Waals surface area contributed by atoms with Crippen LogP contribution in [0.3, 0.4) is 0 Å². The Morgan fingerprint density at radius 3 is 2.12 bits per heavy atom. The number of ether oxygens (including phenoxy) is 1. The van der Waals surface area contributed by atoms with E-state index >= 15 is 0 Å². The summed E-state index contributed by atoms with van der Waals surface area (Å²) in [5.41, 5.74) is 4.09. The lowest BCUT2D eigenvalue weighted by molar-refractivity contribution is 0.165. The first kappa shape index (κ1) is 25.0. The average Bonchev–Trinajstić information content (AvgIpc) is 3.83. The molecule has 0 amide bonds. The molecule has 1 aliphatic rings.